The van der Waals surface area contributed by atoms with Gasteiger partial charge in [-0.25, -0.2) is 0 Å². The molecule has 0 aliphatic carbocycles. The number of hydrogen-bond donors (Lipinski definition) is 2. The van der Waals surface area contributed by atoms with Gasteiger partial charge >= 0.3 is 0 Å². The molecule has 0 saturated carbocycles. The molecule has 0 bridgehead atoms. The van der Waals surface area contributed by atoms with Gasteiger partial charge in [0.15, 0.2) is 0 Å². The zero-order valence-electron chi connectivity index (χ0n) is 9.12. The lowest BCUT2D eigenvalue weighted by atomic mass is 9.92. The van der Waals surface area contributed by atoms with Gasteiger partial charge in [-0.1, -0.05) is 15.9 Å². The molecule has 0 radical (unpaired) electrons. The minimum Gasteiger partial charge on any atom is -0.496 e. The largest absolute Gasteiger partial charge is 0.496 e. The normalized spacial score (nSPS) is 13.7. The molecule has 0 amide bonds. The second kappa shape index (κ2) is 4.51. The van der Waals surface area contributed by atoms with Crippen molar-refractivity contribution in [3.8, 4) is 5.75 Å². The minimum absolute atomic E-state index is 0.482. The van der Waals surface area contributed by atoms with Crippen LogP contribution in [0.2, 0.25) is 0 Å². The summed E-state index contributed by atoms with van der Waals surface area (Å²) in [6, 6.07) is 5.08. The Morgan fingerprint density at radius 3 is 2.53 bits per heavy atom. The predicted molar refractivity (Wildman–Crippen MR) is 63.9 cm³/mol. The Balaban J connectivity index is 3.17. The molecule has 1 rings (SSSR count). The first kappa shape index (κ1) is 12.5. The fourth-order valence-electron chi connectivity index (χ4n) is 1.33. The number of rotatable bonds is 3. The van der Waals surface area contributed by atoms with Crippen molar-refractivity contribution in [2.45, 2.75) is 25.5 Å². The number of methoxy groups -OCH3 is 1. The van der Waals surface area contributed by atoms with E-state index in [1.807, 2.05) is 18.2 Å². The van der Waals surface area contributed by atoms with Gasteiger partial charge in [-0.05, 0) is 32.0 Å². The second-order valence-corrected chi connectivity index (χ2v) is 4.93. The number of benzene rings is 1. The molecule has 15 heavy (non-hydrogen) atoms. The van der Waals surface area contributed by atoms with E-state index in [0.29, 0.717) is 5.75 Å². The number of hydrogen-bond acceptors (Lipinski definition) is 3. The molecule has 3 N–H and O–H groups in total. The minimum atomic E-state index is -0.978. The van der Waals surface area contributed by atoms with E-state index in [1.165, 1.54) is 0 Å². The van der Waals surface area contributed by atoms with Gasteiger partial charge in [-0.3, -0.25) is 0 Å². The molecule has 0 aliphatic rings. The van der Waals surface area contributed by atoms with E-state index >= 15 is 0 Å². The summed E-state index contributed by atoms with van der Waals surface area (Å²) in [5.41, 5.74) is 5.78. The van der Waals surface area contributed by atoms with E-state index in [4.69, 9.17) is 10.5 Å². The Morgan fingerprint density at radius 2 is 2.07 bits per heavy atom. The lowest BCUT2D eigenvalue weighted by Crippen LogP contribution is -2.35. The average Bonchev–Trinajstić information content (AvgIpc) is 2.15. The second-order valence-electron chi connectivity index (χ2n) is 4.02. The summed E-state index contributed by atoms with van der Waals surface area (Å²) in [4.78, 5) is 0. The maximum Gasteiger partial charge on any atom is 0.123 e. The highest BCUT2D eigenvalue weighted by atomic mass is 79.9. The zero-order chi connectivity index (χ0) is 11.6. The summed E-state index contributed by atoms with van der Waals surface area (Å²) in [6.45, 7) is 3.36. The van der Waals surface area contributed by atoms with Crippen LogP contribution in [0.1, 0.15) is 25.5 Å². The van der Waals surface area contributed by atoms with Crippen LogP contribution in [0, 0.1) is 0 Å². The Kier molecular flexibility index (Phi) is 3.76. The van der Waals surface area contributed by atoms with E-state index in [-0.39, 0.29) is 0 Å². The predicted octanol–water partition coefficient (Wildman–Crippen LogP) is 2.23. The molecule has 1 atom stereocenters. The molecule has 4 heteroatoms. The van der Waals surface area contributed by atoms with E-state index in [0.717, 1.165) is 10.0 Å². The van der Waals surface area contributed by atoms with Gasteiger partial charge < -0.3 is 15.6 Å². The first-order valence-corrected chi connectivity index (χ1v) is 5.47. The molecule has 0 unspecified atom stereocenters. The third-order valence-corrected chi connectivity index (χ3v) is 2.78. The summed E-state index contributed by atoms with van der Waals surface area (Å²) in [6.07, 6.45) is 0. The number of halogens is 1. The lowest BCUT2D eigenvalue weighted by molar-refractivity contribution is 0.0508. The third kappa shape index (κ3) is 2.93. The molecule has 0 heterocycles. The number of nitrogens with two attached hydrogens (primary N) is 1. The van der Waals surface area contributed by atoms with Crippen molar-refractivity contribution in [1.29, 1.82) is 0 Å². The van der Waals surface area contributed by atoms with Crippen molar-refractivity contribution in [3.63, 3.8) is 0 Å². The van der Waals surface area contributed by atoms with Crippen molar-refractivity contribution < 1.29 is 9.84 Å². The maximum atomic E-state index is 9.85. The Labute approximate surface area is 98.4 Å². The number of aliphatic hydroxyl groups is 1. The quantitative estimate of drug-likeness (QED) is 0.888. The van der Waals surface area contributed by atoms with Crippen LogP contribution >= 0.6 is 15.9 Å². The van der Waals surface area contributed by atoms with Crippen LogP contribution in [0.5, 0.6) is 5.75 Å². The Morgan fingerprint density at radius 1 is 1.47 bits per heavy atom. The molecule has 1 aromatic rings. The van der Waals surface area contributed by atoms with Crippen molar-refractivity contribution in [3.05, 3.63) is 28.2 Å². The fourth-order valence-corrected chi connectivity index (χ4v) is 1.71. The van der Waals surface area contributed by atoms with Crippen molar-refractivity contribution in [1.82, 2.24) is 0 Å². The molecule has 0 spiro atoms. The van der Waals surface area contributed by atoms with Gasteiger partial charge in [-0.15, -0.1) is 0 Å². The van der Waals surface area contributed by atoms with Crippen molar-refractivity contribution in [2.75, 3.05) is 7.11 Å². The average molecular weight is 274 g/mol. The maximum absolute atomic E-state index is 9.85. The molecule has 0 aliphatic heterocycles. The zero-order valence-corrected chi connectivity index (χ0v) is 10.7. The van der Waals surface area contributed by atoms with E-state index in [9.17, 15) is 5.11 Å². The van der Waals surface area contributed by atoms with Gasteiger partial charge in [0.1, 0.15) is 5.75 Å². The number of ether oxygens (including phenoxy) is 1. The smallest absolute Gasteiger partial charge is 0.123 e. The van der Waals surface area contributed by atoms with Gasteiger partial charge in [0.05, 0.1) is 18.8 Å². The van der Waals surface area contributed by atoms with Crippen LogP contribution in [0.3, 0.4) is 0 Å². The Hall–Kier alpha value is -0.580. The van der Waals surface area contributed by atoms with Gasteiger partial charge in [0.2, 0.25) is 0 Å². The summed E-state index contributed by atoms with van der Waals surface area (Å²) in [5.74, 6) is 0.688. The highest BCUT2D eigenvalue weighted by molar-refractivity contribution is 9.10. The molecule has 0 saturated heterocycles. The molecule has 3 nitrogen and oxygen atoms in total. The van der Waals surface area contributed by atoms with E-state index in [2.05, 4.69) is 15.9 Å². The van der Waals surface area contributed by atoms with Crippen LogP contribution in [0.25, 0.3) is 0 Å². The molecular weight excluding hydrogens is 258 g/mol. The molecular formula is C11H16BrNO2. The van der Waals surface area contributed by atoms with Crippen LogP contribution in [0.15, 0.2) is 22.7 Å². The van der Waals surface area contributed by atoms with Crippen LogP contribution < -0.4 is 10.5 Å². The molecule has 0 aromatic heterocycles. The van der Waals surface area contributed by atoms with E-state index < -0.39 is 11.6 Å². The Bertz CT molecular complexity index is 347. The highest BCUT2D eigenvalue weighted by Gasteiger charge is 2.27. The standard InChI is InChI=1S/C11H16BrNO2/c1-11(2,14)10(13)8-6-7(12)4-5-9(8)15-3/h4-6,10,14H,13H2,1-3H3/t10-/m1/s1. The fraction of sp³-hybridized carbons (Fsp3) is 0.455. The van der Waals surface area contributed by atoms with Gasteiger partial charge in [0, 0.05) is 10.0 Å². The molecule has 0 fully saturated rings. The van der Waals surface area contributed by atoms with Crippen LogP contribution in [-0.2, 0) is 0 Å². The summed E-state index contributed by atoms with van der Waals surface area (Å²) in [5, 5.41) is 9.85. The summed E-state index contributed by atoms with van der Waals surface area (Å²) < 4.78 is 6.12. The van der Waals surface area contributed by atoms with Gasteiger partial charge in [-0.2, -0.15) is 0 Å². The molecule has 1 aromatic carbocycles. The van der Waals surface area contributed by atoms with Crippen molar-refractivity contribution >= 4 is 15.9 Å². The topological polar surface area (TPSA) is 55.5 Å². The first-order valence-electron chi connectivity index (χ1n) is 4.67. The van der Waals surface area contributed by atoms with Crippen LogP contribution in [0.4, 0.5) is 0 Å². The summed E-state index contributed by atoms with van der Waals surface area (Å²) >= 11 is 3.37. The first-order chi connectivity index (χ1) is 6.86. The van der Waals surface area contributed by atoms with Crippen LogP contribution in [-0.4, -0.2) is 17.8 Å². The third-order valence-electron chi connectivity index (χ3n) is 2.29. The van der Waals surface area contributed by atoms with Crippen molar-refractivity contribution in [2.24, 2.45) is 5.73 Å². The summed E-state index contributed by atoms with van der Waals surface area (Å²) in [7, 11) is 1.59. The van der Waals surface area contributed by atoms with E-state index in [1.54, 1.807) is 21.0 Å². The monoisotopic (exact) mass is 273 g/mol. The van der Waals surface area contributed by atoms with Gasteiger partial charge in [0.25, 0.3) is 0 Å². The highest BCUT2D eigenvalue weighted by Crippen LogP contribution is 2.32. The SMILES string of the molecule is COc1ccc(Br)cc1[C@@H](N)C(C)(C)O. The lowest BCUT2D eigenvalue weighted by Gasteiger charge is -2.27. The molecule has 84 valence electrons.